The molecular weight excluding hydrogens is 400 g/mol. The van der Waals surface area contributed by atoms with Gasteiger partial charge in [0.15, 0.2) is 5.82 Å². The van der Waals surface area contributed by atoms with Crippen LogP contribution in [-0.4, -0.2) is 39.8 Å². The molecule has 1 aliphatic heterocycles. The first-order chi connectivity index (χ1) is 14.5. The van der Waals surface area contributed by atoms with Gasteiger partial charge in [-0.25, -0.2) is 9.97 Å². The van der Waals surface area contributed by atoms with Crippen LogP contribution in [0.25, 0.3) is 11.4 Å². The molecule has 1 saturated heterocycles. The molecule has 1 aromatic heterocycles. The maximum Gasteiger partial charge on any atom is 0.258 e. The molecule has 0 unspecified atom stereocenters. The van der Waals surface area contributed by atoms with Gasteiger partial charge in [-0.15, -0.1) is 0 Å². The smallest absolute Gasteiger partial charge is 0.258 e. The summed E-state index contributed by atoms with van der Waals surface area (Å²) in [5, 5.41) is 3.51. The van der Waals surface area contributed by atoms with Gasteiger partial charge in [0.25, 0.3) is 11.8 Å². The van der Waals surface area contributed by atoms with Gasteiger partial charge >= 0.3 is 0 Å². The molecule has 0 atom stereocenters. The lowest BCUT2D eigenvalue weighted by Crippen LogP contribution is -2.28. The van der Waals surface area contributed by atoms with Gasteiger partial charge in [0.05, 0.1) is 5.56 Å². The van der Waals surface area contributed by atoms with E-state index in [1.54, 1.807) is 30.3 Å². The lowest BCUT2D eigenvalue weighted by atomic mass is 10.1. The minimum atomic E-state index is -0.327. The van der Waals surface area contributed by atoms with Crippen LogP contribution in [-0.2, 0) is 0 Å². The van der Waals surface area contributed by atoms with E-state index in [9.17, 15) is 9.59 Å². The molecule has 7 heteroatoms. The number of nitrogens with zero attached hydrogens (tertiary/aromatic N) is 3. The first kappa shape index (κ1) is 20.0. The largest absolute Gasteiger partial charge is 0.339 e. The van der Waals surface area contributed by atoms with Gasteiger partial charge in [-0.05, 0) is 61.7 Å². The highest BCUT2D eigenvalue weighted by Gasteiger charge is 2.22. The van der Waals surface area contributed by atoms with E-state index >= 15 is 0 Å². The number of benzene rings is 2. The fourth-order valence-electron chi connectivity index (χ4n) is 3.48. The fourth-order valence-corrected chi connectivity index (χ4v) is 3.61. The van der Waals surface area contributed by atoms with Crippen LogP contribution >= 0.6 is 11.6 Å². The summed E-state index contributed by atoms with van der Waals surface area (Å²) in [6.07, 6.45) is 5.04. The van der Waals surface area contributed by atoms with Crippen molar-refractivity contribution in [3.8, 4) is 11.4 Å². The van der Waals surface area contributed by atoms with Gasteiger partial charge in [0.2, 0.25) is 0 Å². The van der Waals surface area contributed by atoms with Gasteiger partial charge in [-0.2, -0.15) is 0 Å². The topological polar surface area (TPSA) is 75.2 Å². The molecule has 0 saturated carbocycles. The summed E-state index contributed by atoms with van der Waals surface area (Å²) in [5.41, 5.74) is 3.12. The highest BCUT2D eigenvalue weighted by molar-refractivity contribution is 6.30. The van der Waals surface area contributed by atoms with Crippen LogP contribution < -0.4 is 5.32 Å². The van der Waals surface area contributed by atoms with Crippen LogP contribution in [0.2, 0.25) is 5.02 Å². The molecule has 0 aliphatic carbocycles. The third-order valence-electron chi connectivity index (χ3n) is 5.22. The molecule has 0 bridgehead atoms. The van der Waals surface area contributed by atoms with Crippen molar-refractivity contribution in [2.45, 2.75) is 19.8 Å². The van der Waals surface area contributed by atoms with E-state index in [-0.39, 0.29) is 11.8 Å². The predicted octanol–water partition coefficient (Wildman–Crippen LogP) is 4.59. The van der Waals surface area contributed by atoms with Crippen molar-refractivity contribution in [3.63, 3.8) is 0 Å². The number of nitrogens with one attached hydrogen (secondary N) is 1. The maximum absolute atomic E-state index is 12.8. The third-order valence-corrected chi connectivity index (χ3v) is 5.47. The Morgan fingerprint density at radius 1 is 1.00 bits per heavy atom. The summed E-state index contributed by atoms with van der Waals surface area (Å²) in [7, 11) is 0. The summed E-state index contributed by atoms with van der Waals surface area (Å²) in [4.78, 5) is 35.9. The second kappa shape index (κ2) is 8.63. The number of halogens is 1. The van der Waals surface area contributed by atoms with E-state index in [1.807, 2.05) is 24.0 Å². The van der Waals surface area contributed by atoms with Crippen LogP contribution in [0.15, 0.2) is 54.9 Å². The number of amides is 2. The van der Waals surface area contributed by atoms with Crippen LogP contribution in [0, 0.1) is 6.92 Å². The summed E-state index contributed by atoms with van der Waals surface area (Å²) in [6.45, 7) is 3.41. The lowest BCUT2D eigenvalue weighted by Gasteiger charge is -2.18. The molecule has 2 amide bonds. The first-order valence-corrected chi connectivity index (χ1v) is 10.2. The quantitative estimate of drug-likeness (QED) is 0.669. The number of hydrogen-bond donors (Lipinski definition) is 1. The molecule has 30 heavy (non-hydrogen) atoms. The van der Waals surface area contributed by atoms with Gasteiger partial charge in [0.1, 0.15) is 0 Å². The number of rotatable bonds is 4. The van der Waals surface area contributed by atoms with Crippen molar-refractivity contribution in [3.05, 3.63) is 76.6 Å². The lowest BCUT2D eigenvalue weighted by molar-refractivity contribution is 0.0791. The number of aromatic nitrogens is 2. The zero-order valence-corrected chi connectivity index (χ0v) is 17.3. The molecule has 1 aliphatic rings. The van der Waals surface area contributed by atoms with Crippen molar-refractivity contribution in [1.29, 1.82) is 0 Å². The summed E-state index contributed by atoms with van der Waals surface area (Å²) in [6, 6.07) is 12.5. The Bertz CT molecular complexity index is 1080. The fraction of sp³-hybridized carbons (Fsp3) is 0.217. The third kappa shape index (κ3) is 4.19. The Morgan fingerprint density at radius 3 is 2.33 bits per heavy atom. The highest BCUT2D eigenvalue weighted by Crippen LogP contribution is 2.23. The predicted molar refractivity (Wildman–Crippen MR) is 117 cm³/mol. The number of hydrogen-bond acceptors (Lipinski definition) is 4. The second-order valence-electron chi connectivity index (χ2n) is 7.23. The Balaban J connectivity index is 1.50. The molecule has 2 aromatic carbocycles. The molecule has 1 N–H and O–H groups in total. The van der Waals surface area contributed by atoms with E-state index in [2.05, 4.69) is 15.3 Å². The molecule has 0 radical (unpaired) electrons. The standard InChI is InChI=1S/C23H21ClN4O2/c1-15-19(23(30)28-11-2-3-12-28)5-4-6-20(15)27-22(29)17-13-25-21(26-14-17)16-7-9-18(24)10-8-16/h4-10,13-14H,2-3,11-12H2,1H3,(H,27,29). The average Bonchev–Trinajstić information content (AvgIpc) is 3.30. The first-order valence-electron chi connectivity index (χ1n) is 9.81. The molecule has 3 aromatic rings. The van der Waals surface area contributed by atoms with Gasteiger partial charge < -0.3 is 10.2 Å². The van der Waals surface area contributed by atoms with Gasteiger partial charge in [-0.3, -0.25) is 9.59 Å². The SMILES string of the molecule is Cc1c(NC(=O)c2cnc(-c3ccc(Cl)cc3)nc2)cccc1C(=O)N1CCCC1. The highest BCUT2D eigenvalue weighted by atomic mass is 35.5. The number of carbonyl (C=O) groups is 2. The minimum Gasteiger partial charge on any atom is -0.339 e. The van der Waals surface area contributed by atoms with Gasteiger partial charge in [0, 0.05) is 47.3 Å². The monoisotopic (exact) mass is 420 g/mol. The number of carbonyl (C=O) groups excluding carboxylic acids is 2. The Labute approximate surface area is 179 Å². The molecule has 2 heterocycles. The van der Waals surface area contributed by atoms with E-state index in [1.165, 1.54) is 12.4 Å². The summed E-state index contributed by atoms with van der Waals surface area (Å²) < 4.78 is 0. The van der Waals surface area contributed by atoms with E-state index in [4.69, 9.17) is 11.6 Å². The van der Waals surface area contributed by atoms with E-state index < -0.39 is 0 Å². The van der Waals surface area contributed by atoms with E-state index in [0.29, 0.717) is 27.7 Å². The Kier molecular flexibility index (Phi) is 5.77. The summed E-state index contributed by atoms with van der Waals surface area (Å²) in [5.74, 6) is 0.195. The van der Waals surface area contributed by atoms with Crippen molar-refractivity contribution >= 4 is 29.1 Å². The molecule has 6 nitrogen and oxygen atoms in total. The molecule has 152 valence electrons. The molecule has 4 rings (SSSR count). The van der Waals surface area contributed by atoms with Crippen molar-refractivity contribution in [2.24, 2.45) is 0 Å². The zero-order valence-electron chi connectivity index (χ0n) is 16.6. The van der Waals surface area contributed by atoms with E-state index in [0.717, 1.165) is 37.1 Å². The van der Waals surface area contributed by atoms with Crippen LogP contribution in [0.3, 0.4) is 0 Å². The number of anilines is 1. The molecule has 0 spiro atoms. The average molecular weight is 421 g/mol. The van der Waals surface area contributed by atoms with Crippen LogP contribution in [0.4, 0.5) is 5.69 Å². The minimum absolute atomic E-state index is 0.0109. The second-order valence-corrected chi connectivity index (χ2v) is 7.67. The van der Waals surface area contributed by atoms with Crippen LogP contribution in [0.5, 0.6) is 0 Å². The Morgan fingerprint density at radius 2 is 1.67 bits per heavy atom. The molecular formula is C23H21ClN4O2. The van der Waals surface area contributed by atoms with Crippen LogP contribution in [0.1, 0.15) is 39.1 Å². The van der Waals surface area contributed by atoms with Crippen molar-refractivity contribution in [1.82, 2.24) is 14.9 Å². The van der Waals surface area contributed by atoms with Gasteiger partial charge in [-0.1, -0.05) is 17.7 Å². The summed E-state index contributed by atoms with van der Waals surface area (Å²) >= 11 is 5.91. The molecule has 1 fully saturated rings. The van der Waals surface area contributed by atoms with Crippen molar-refractivity contribution < 1.29 is 9.59 Å². The number of likely N-dealkylation sites (tertiary alicyclic amines) is 1. The van der Waals surface area contributed by atoms with Crippen molar-refractivity contribution in [2.75, 3.05) is 18.4 Å². The maximum atomic E-state index is 12.8. The zero-order chi connectivity index (χ0) is 21.1. The Hall–Kier alpha value is -3.25. The normalized spacial score (nSPS) is 13.3.